The van der Waals surface area contributed by atoms with E-state index in [0.29, 0.717) is 0 Å². The lowest BCUT2D eigenvalue weighted by atomic mass is 9.93. The summed E-state index contributed by atoms with van der Waals surface area (Å²) in [6.45, 7) is 3.60. The first kappa shape index (κ1) is 21.3. The van der Waals surface area contributed by atoms with E-state index in [9.17, 15) is 23.2 Å². The molecule has 1 saturated heterocycles. The number of aryl methyl sites for hydroxylation is 1. The number of anilines is 1. The van der Waals surface area contributed by atoms with Crippen molar-refractivity contribution in [1.82, 2.24) is 0 Å². The Bertz CT molecular complexity index is 690. The summed E-state index contributed by atoms with van der Waals surface area (Å²) in [5.74, 6) is -3.21. The highest BCUT2D eigenvalue weighted by Gasteiger charge is 2.38. The van der Waals surface area contributed by atoms with Gasteiger partial charge in [-0.2, -0.15) is 18.4 Å². The van der Waals surface area contributed by atoms with Gasteiger partial charge >= 0.3 is 18.1 Å². The largest absolute Gasteiger partial charge is 0.490 e. The molecule has 0 unspecified atom stereocenters. The van der Waals surface area contributed by atoms with Crippen LogP contribution in [-0.4, -0.2) is 41.4 Å². The van der Waals surface area contributed by atoms with Crippen LogP contribution in [0.3, 0.4) is 0 Å². The number of carboxylic acid groups (broad SMARTS) is 2. The third-order valence-electron chi connectivity index (χ3n) is 4.02. The molecule has 0 saturated carbocycles. The van der Waals surface area contributed by atoms with E-state index in [-0.39, 0.29) is 12.3 Å². The summed E-state index contributed by atoms with van der Waals surface area (Å²) in [6.07, 6.45) is -3.07. The number of nitrogens with zero attached hydrogens (tertiary/aromatic N) is 2. The Morgan fingerprint density at radius 3 is 2.23 bits per heavy atom. The van der Waals surface area contributed by atoms with Crippen LogP contribution in [0, 0.1) is 24.2 Å². The van der Waals surface area contributed by atoms with Crippen molar-refractivity contribution >= 4 is 17.6 Å². The van der Waals surface area contributed by atoms with Crippen molar-refractivity contribution in [3.8, 4) is 6.07 Å². The molecule has 1 aliphatic heterocycles. The number of rotatable bonds is 3. The summed E-state index contributed by atoms with van der Waals surface area (Å²) in [5.41, 5.74) is 2.71. The Balaban J connectivity index is 0.000000412. The van der Waals surface area contributed by atoms with Crippen molar-refractivity contribution in [3.05, 3.63) is 29.3 Å². The minimum absolute atomic E-state index is 0.257. The monoisotopic (exact) mass is 372 g/mol. The van der Waals surface area contributed by atoms with Crippen LogP contribution in [0.2, 0.25) is 0 Å². The average molecular weight is 372 g/mol. The van der Waals surface area contributed by atoms with E-state index in [2.05, 4.69) is 11.0 Å². The van der Waals surface area contributed by atoms with Crippen LogP contribution in [0.5, 0.6) is 0 Å². The number of carboxylic acids is 2. The lowest BCUT2D eigenvalue weighted by molar-refractivity contribution is -0.192. The van der Waals surface area contributed by atoms with E-state index in [0.717, 1.165) is 42.7 Å². The van der Waals surface area contributed by atoms with Gasteiger partial charge in [0.1, 0.15) is 6.07 Å². The zero-order chi connectivity index (χ0) is 19.9. The van der Waals surface area contributed by atoms with Crippen molar-refractivity contribution < 1.29 is 33.0 Å². The first-order valence-corrected chi connectivity index (χ1v) is 7.82. The fourth-order valence-corrected chi connectivity index (χ4v) is 2.69. The molecule has 2 N–H and O–H groups in total. The van der Waals surface area contributed by atoms with Crippen LogP contribution >= 0.6 is 0 Å². The van der Waals surface area contributed by atoms with Crippen LogP contribution < -0.4 is 4.90 Å². The van der Waals surface area contributed by atoms with Gasteiger partial charge in [0.2, 0.25) is 0 Å². The zero-order valence-electron chi connectivity index (χ0n) is 14.1. The number of aliphatic carboxylic acids is 2. The normalized spacial score (nSPS) is 14.8. The van der Waals surface area contributed by atoms with Crippen LogP contribution in [0.25, 0.3) is 0 Å². The minimum atomic E-state index is -5.08. The van der Waals surface area contributed by atoms with Crippen LogP contribution in [-0.2, 0) is 9.59 Å². The molecular formula is C17H19F3N2O4. The molecule has 6 nitrogen and oxygen atoms in total. The average Bonchev–Trinajstić information content (AvgIpc) is 2.54. The highest BCUT2D eigenvalue weighted by Crippen LogP contribution is 2.28. The van der Waals surface area contributed by atoms with Crippen molar-refractivity contribution in [1.29, 1.82) is 5.26 Å². The van der Waals surface area contributed by atoms with Gasteiger partial charge in [0, 0.05) is 19.5 Å². The standard InChI is InChI=1S/C15H18N2O2.C2HF3O2/c1-11-3-2-4-14(13(11)10-16)17-7-5-12(6-8-17)9-15(18)19;3-2(4,5)1(6)7/h2-4,12H,5-9H2,1H3,(H,18,19);(H,6,7). The summed E-state index contributed by atoms with van der Waals surface area (Å²) < 4.78 is 31.7. The molecule has 2 rings (SSSR count). The quantitative estimate of drug-likeness (QED) is 0.845. The van der Waals surface area contributed by atoms with E-state index in [1.807, 2.05) is 25.1 Å². The van der Waals surface area contributed by atoms with Gasteiger partial charge in [-0.15, -0.1) is 0 Å². The van der Waals surface area contributed by atoms with Crippen LogP contribution in [0.15, 0.2) is 18.2 Å². The van der Waals surface area contributed by atoms with E-state index >= 15 is 0 Å². The maximum absolute atomic E-state index is 10.7. The molecule has 1 fully saturated rings. The van der Waals surface area contributed by atoms with Gasteiger partial charge < -0.3 is 15.1 Å². The number of alkyl halides is 3. The zero-order valence-corrected chi connectivity index (χ0v) is 14.1. The van der Waals surface area contributed by atoms with Gasteiger partial charge in [0.25, 0.3) is 0 Å². The molecule has 0 radical (unpaired) electrons. The predicted molar refractivity (Wildman–Crippen MR) is 86.8 cm³/mol. The predicted octanol–water partition coefficient (Wildman–Crippen LogP) is 3.19. The van der Waals surface area contributed by atoms with Crippen molar-refractivity contribution in [2.24, 2.45) is 5.92 Å². The number of nitriles is 1. The number of piperidine rings is 1. The van der Waals surface area contributed by atoms with Gasteiger partial charge in [-0.05, 0) is 37.3 Å². The molecule has 0 atom stereocenters. The maximum atomic E-state index is 10.7. The molecule has 26 heavy (non-hydrogen) atoms. The molecule has 0 bridgehead atoms. The second-order valence-electron chi connectivity index (χ2n) is 5.91. The van der Waals surface area contributed by atoms with Gasteiger partial charge in [-0.1, -0.05) is 12.1 Å². The van der Waals surface area contributed by atoms with Crippen molar-refractivity contribution in [2.45, 2.75) is 32.4 Å². The fraction of sp³-hybridized carbons (Fsp3) is 0.471. The number of hydrogen-bond donors (Lipinski definition) is 2. The van der Waals surface area contributed by atoms with E-state index in [1.165, 1.54) is 0 Å². The van der Waals surface area contributed by atoms with E-state index in [1.54, 1.807) is 0 Å². The van der Waals surface area contributed by atoms with Crippen LogP contribution in [0.4, 0.5) is 18.9 Å². The molecule has 1 aromatic rings. The molecule has 1 aliphatic rings. The molecule has 142 valence electrons. The molecule has 0 spiro atoms. The lowest BCUT2D eigenvalue weighted by Crippen LogP contribution is -2.34. The number of carbonyl (C=O) groups is 2. The molecule has 1 aromatic carbocycles. The first-order chi connectivity index (χ1) is 12.1. The first-order valence-electron chi connectivity index (χ1n) is 7.82. The third kappa shape index (κ3) is 6.27. The Morgan fingerprint density at radius 2 is 1.81 bits per heavy atom. The second kappa shape index (κ2) is 9.08. The number of hydrogen-bond acceptors (Lipinski definition) is 4. The van der Waals surface area contributed by atoms with Crippen molar-refractivity contribution in [3.63, 3.8) is 0 Å². The number of benzene rings is 1. The Labute approximate surface area is 148 Å². The summed E-state index contributed by atoms with van der Waals surface area (Å²) in [6, 6.07) is 8.15. The van der Waals surface area contributed by atoms with Gasteiger partial charge in [0.15, 0.2) is 0 Å². The van der Waals surface area contributed by atoms with E-state index < -0.39 is 18.1 Å². The molecular weight excluding hydrogens is 353 g/mol. The summed E-state index contributed by atoms with van der Waals surface area (Å²) >= 11 is 0. The smallest absolute Gasteiger partial charge is 0.481 e. The molecule has 0 aliphatic carbocycles. The Morgan fingerprint density at radius 1 is 1.27 bits per heavy atom. The third-order valence-corrected chi connectivity index (χ3v) is 4.02. The Kier molecular flexibility index (Phi) is 7.43. The SMILES string of the molecule is Cc1cccc(N2CCC(CC(=O)O)CC2)c1C#N.O=C(O)C(F)(F)F. The van der Waals surface area contributed by atoms with E-state index in [4.69, 9.17) is 15.0 Å². The maximum Gasteiger partial charge on any atom is 0.490 e. The minimum Gasteiger partial charge on any atom is -0.481 e. The van der Waals surface area contributed by atoms with Gasteiger partial charge in [-0.3, -0.25) is 4.79 Å². The van der Waals surface area contributed by atoms with Gasteiger partial charge in [-0.25, -0.2) is 4.79 Å². The van der Waals surface area contributed by atoms with Crippen molar-refractivity contribution in [2.75, 3.05) is 18.0 Å². The highest BCUT2D eigenvalue weighted by atomic mass is 19.4. The summed E-state index contributed by atoms with van der Waals surface area (Å²) in [7, 11) is 0. The molecule has 0 amide bonds. The fourth-order valence-electron chi connectivity index (χ4n) is 2.69. The topological polar surface area (TPSA) is 102 Å². The van der Waals surface area contributed by atoms with Crippen LogP contribution in [0.1, 0.15) is 30.4 Å². The molecule has 9 heteroatoms. The summed E-state index contributed by atoms with van der Waals surface area (Å²) in [4.78, 5) is 21.8. The molecule has 0 aromatic heterocycles. The number of halogens is 3. The lowest BCUT2D eigenvalue weighted by Gasteiger charge is -2.33. The molecule has 1 heterocycles. The Hall–Kier alpha value is -2.76. The summed E-state index contributed by atoms with van der Waals surface area (Å²) in [5, 5.41) is 25.2. The highest BCUT2D eigenvalue weighted by molar-refractivity contribution is 5.73. The second-order valence-corrected chi connectivity index (χ2v) is 5.91. The van der Waals surface area contributed by atoms with Gasteiger partial charge in [0.05, 0.1) is 11.3 Å².